The number of furan rings is 1. The van der Waals surface area contributed by atoms with E-state index in [-0.39, 0.29) is 11.7 Å². The van der Waals surface area contributed by atoms with E-state index < -0.39 is 5.92 Å². The maximum Gasteiger partial charge on any atom is 0.233 e. The molecule has 5 nitrogen and oxygen atoms in total. The predicted octanol–water partition coefficient (Wildman–Crippen LogP) is 5.39. The Bertz CT molecular complexity index is 981. The van der Waals surface area contributed by atoms with Gasteiger partial charge in [0.2, 0.25) is 5.91 Å². The molecule has 3 rings (SSSR count). The summed E-state index contributed by atoms with van der Waals surface area (Å²) in [5, 5.41) is 1.03. The van der Waals surface area contributed by atoms with E-state index in [0.717, 1.165) is 21.4 Å². The van der Waals surface area contributed by atoms with Crippen LogP contribution >= 0.6 is 11.3 Å². The number of carbonyl (C=O) groups excluding carboxylic acids is 2. The molecule has 0 N–H and O–H groups in total. The lowest BCUT2D eigenvalue weighted by molar-refractivity contribution is -0.142. The first-order valence-corrected chi connectivity index (χ1v) is 11.9. The lowest BCUT2D eigenvalue weighted by atomic mass is 9.92. The van der Waals surface area contributed by atoms with Crippen molar-refractivity contribution in [3.05, 3.63) is 52.7 Å². The maximum atomic E-state index is 13.5. The first-order chi connectivity index (χ1) is 14.8. The third kappa shape index (κ3) is 6.50. The van der Waals surface area contributed by atoms with Crippen molar-refractivity contribution in [2.45, 2.75) is 47.0 Å². The largest absolute Gasteiger partial charge is 0.464 e. The average molecular weight is 441 g/mol. The van der Waals surface area contributed by atoms with E-state index in [1.165, 1.54) is 11.3 Å². The number of hydrogen-bond acceptors (Lipinski definition) is 5. The summed E-state index contributed by atoms with van der Waals surface area (Å²) in [5.41, 5.74) is 3.67. The number of carbonyl (C=O) groups is 2. The maximum absolute atomic E-state index is 13.5. The second-order valence-corrected chi connectivity index (χ2v) is 9.99. The van der Waals surface area contributed by atoms with Crippen LogP contribution in [0.4, 0.5) is 0 Å². The average Bonchev–Trinajstić information content (AvgIpc) is 3.39. The molecule has 0 aliphatic heterocycles. The Morgan fingerprint density at radius 3 is 2.48 bits per heavy atom. The summed E-state index contributed by atoms with van der Waals surface area (Å²) >= 11 is 1.50. The van der Waals surface area contributed by atoms with Crippen LogP contribution in [0, 0.1) is 17.8 Å². The normalized spacial score (nSPS) is 12.6. The Labute approximate surface area is 188 Å². The van der Waals surface area contributed by atoms with Gasteiger partial charge in [0, 0.05) is 42.4 Å². The Kier molecular flexibility index (Phi) is 8.02. The Morgan fingerprint density at radius 1 is 1.10 bits per heavy atom. The van der Waals surface area contributed by atoms with Crippen LogP contribution in [0.1, 0.15) is 44.6 Å². The van der Waals surface area contributed by atoms with E-state index in [2.05, 4.69) is 38.7 Å². The summed E-state index contributed by atoms with van der Waals surface area (Å²) in [5.74, 6) is -0.00279. The molecule has 1 unspecified atom stereocenters. The SMILES string of the molecule is CC(C)CN(CC(C)C)C(=O)C(Cc1cncs1)C(=O)CCc1ccc2occc2c1. The minimum absolute atomic E-state index is 0.00297. The van der Waals surface area contributed by atoms with Gasteiger partial charge in [-0.1, -0.05) is 33.8 Å². The van der Waals surface area contributed by atoms with Gasteiger partial charge in [-0.15, -0.1) is 11.3 Å². The number of hydrogen-bond donors (Lipinski definition) is 0. The molecule has 0 aliphatic carbocycles. The van der Waals surface area contributed by atoms with E-state index in [4.69, 9.17) is 4.42 Å². The van der Waals surface area contributed by atoms with Gasteiger partial charge in [0.25, 0.3) is 0 Å². The van der Waals surface area contributed by atoms with Gasteiger partial charge in [-0.05, 0) is 42.0 Å². The molecular formula is C25H32N2O3S. The molecule has 0 aliphatic rings. The summed E-state index contributed by atoms with van der Waals surface area (Å²) in [6, 6.07) is 7.90. The van der Waals surface area contributed by atoms with Gasteiger partial charge in [0.15, 0.2) is 0 Å². The number of thiazole rings is 1. The van der Waals surface area contributed by atoms with E-state index in [0.29, 0.717) is 44.2 Å². The number of fused-ring (bicyclic) bond motifs is 1. The molecule has 2 heterocycles. The molecule has 166 valence electrons. The van der Waals surface area contributed by atoms with Gasteiger partial charge in [-0.2, -0.15) is 0 Å². The van der Waals surface area contributed by atoms with Crippen LogP contribution in [-0.2, 0) is 22.4 Å². The van der Waals surface area contributed by atoms with Crippen LogP contribution in [0.25, 0.3) is 11.0 Å². The zero-order valence-electron chi connectivity index (χ0n) is 18.8. The molecule has 0 fully saturated rings. The van der Waals surface area contributed by atoms with Crippen LogP contribution in [0.5, 0.6) is 0 Å². The number of nitrogens with zero attached hydrogens (tertiary/aromatic N) is 2. The highest BCUT2D eigenvalue weighted by atomic mass is 32.1. The summed E-state index contributed by atoms with van der Waals surface area (Å²) in [7, 11) is 0. The predicted molar refractivity (Wildman–Crippen MR) is 125 cm³/mol. The number of aromatic nitrogens is 1. The lowest BCUT2D eigenvalue weighted by Crippen LogP contribution is -2.44. The van der Waals surface area contributed by atoms with E-state index in [1.54, 1.807) is 18.0 Å². The fourth-order valence-electron chi connectivity index (χ4n) is 3.85. The molecule has 1 amide bonds. The second kappa shape index (κ2) is 10.7. The molecular weight excluding hydrogens is 408 g/mol. The van der Waals surface area contributed by atoms with Crippen molar-refractivity contribution in [2.75, 3.05) is 13.1 Å². The van der Waals surface area contributed by atoms with Crippen LogP contribution < -0.4 is 0 Å². The molecule has 0 bridgehead atoms. The van der Waals surface area contributed by atoms with Gasteiger partial charge in [-0.25, -0.2) is 0 Å². The van der Waals surface area contributed by atoms with Gasteiger partial charge in [0.1, 0.15) is 17.3 Å². The molecule has 0 saturated heterocycles. The second-order valence-electron chi connectivity index (χ2n) is 9.01. The topological polar surface area (TPSA) is 63.4 Å². The molecule has 6 heteroatoms. The van der Waals surface area contributed by atoms with Crippen molar-refractivity contribution in [2.24, 2.45) is 17.8 Å². The van der Waals surface area contributed by atoms with Crippen LogP contribution in [0.3, 0.4) is 0 Å². The highest BCUT2D eigenvalue weighted by Crippen LogP contribution is 2.22. The Morgan fingerprint density at radius 2 is 1.84 bits per heavy atom. The number of benzene rings is 1. The van der Waals surface area contributed by atoms with Gasteiger partial charge >= 0.3 is 0 Å². The summed E-state index contributed by atoms with van der Waals surface area (Å²) in [4.78, 5) is 33.8. The quantitative estimate of drug-likeness (QED) is 0.375. The van der Waals surface area contributed by atoms with Crippen molar-refractivity contribution in [1.82, 2.24) is 9.88 Å². The van der Waals surface area contributed by atoms with E-state index in [9.17, 15) is 9.59 Å². The highest BCUT2D eigenvalue weighted by Gasteiger charge is 2.31. The van der Waals surface area contributed by atoms with E-state index >= 15 is 0 Å². The number of Topliss-reactive ketones (excluding diaryl/α,β-unsaturated/α-hetero) is 1. The van der Waals surface area contributed by atoms with Crippen molar-refractivity contribution in [1.29, 1.82) is 0 Å². The summed E-state index contributed by atoms with van der Waals surface area (Å²) in [6.45, 7) is 9.75. The molecule has 0 spiro atoms. The fourth-order valence-corrected chi connectivity index (χ4v) is 4.49. The number of aryl methyl sites for hydroxylation is 1. The van der Waals surface area contributed by atoms with Crippen LogP contribution in [0.2, 0.25) is 0 Å². The van der Waals surface area contributed by atoms with Gasteiger partial charge in [0.05, 0.1) is 11.8 Å². The van der Waals surface area contributed by atoms with Crippen molar-refractivity contribution in [3.63, 3.8) is 0 Å². The molecule has 1 atom stereocenters. The zero-order chi connectivity index (χ0) is 22.4. The Balaban J connectivity index is 1.75. The lowest BCUT2D eigenvalue weighted by Gasteiger charge is -2.29. The van der Waals surface area contributed by atoms with Crippen molar-refractivity contribution < 1.29 is 14.0 Å². The third-order valence-electron chi connectivity index (χ3n) is 5.24. The Hall–Kier alpha value is -2.47. The molecule has 3 aromatic rings. The van der Waals surface area contributed by atoms with Gasteiger partial charge < -0.3 is 9.32 Å². The van der Waals surface area contributed by atoms with Crippen LogP contribution in [-0.4, -0.2) is 34.7 Å². The summed E-state index contributed by atoms with van der Waals surface area (Å²) in [6.07, 6.45) is 4.81. The first-order valence-electron chi connectivity index (χ1n) is 11.0. The van der Waals surface area contributed by atoms with Gasteiger partial charge in [-0.3, -0.25) is 14.6 Å². The zero-order valence-corrected chi connectivity index (χ0v) is 19.7. The minimum atomic E-state index is -0.657. The number of ketones is 1. The van der Waals surface area contributed by atoms with Crippen molar-refractivity contribution >= 4 is 34.0 Å². The summed E-state index contributed by atoms with van der Waals surface area (Å²) < 4.78 is 5.39. The number of amides is 1. The standard InChI is InChI=1S/C25H32N2O3S/c1-17(2)14-27(15-18(3)4)25(29)22(12-21-13-26-16-31-21)23(28)7-5-19-6-8-24-20(11-19)9-10-30-24/h6,8-11,13,16-18,22H,5,7,12,14-15H2,1-4H3. The van der Waals surface area contributed by atoms with Crippen molar-refractivity contribution in [3.8, 4) is 0 Å². The molecule has 31 heavy (non-hydrogen) atoms. The third-order valence-corrected chi connectivity index (χ3v) is 6.04. The molecule has 0 saturated carbocycles. The monoisotopic (exact) mass is 440 g/mol. The highest BCUT2D eigenvalue weighted by molar-refractivity contribution is 7.09. The fraction of sp³-hybridized carbons (Fsp3) is 0.480. The molecule has 2 aromatic heterocycles. The first kappa shape index (κ1) is 23.2. The smallest absolute Gasteiger partial charge is 0.233 e. The molecule has 1 aromatic carbocycles. The van der Waals surface area contributed by atoms with Crippen LogP contribution in [0.15, 0.2) is 46.7 Å². The molecule has 0 radical (unpaired) electrons. The minimum Gasteiger partial charge on any atom is -0.464 e. The number of rotatable bonds is 11. The van der Waals surface area contributed by atoms with E-state index in [1.807, 2.05) is 23.1 Å².